The second-order valence-corrected chi connectivity index (χ2v) is 6.49. The zero-order valence-corrected chi connectivity index (χ0v) is 12.7. The molecule has 2 aliphatic heterocycles. The molecule has 1 aromatic carbocycles. The monoisotopic (exact) mass is 303 g/mol. The van der Waals surface area contributed by atoms with Crippen LogP contribution in [0, 0.1) is 5.89 Å². The molecule has 116 valence electrons. The average molecular weight is 303 g/mol. The topological polar surface area (TPSA) is 41.9 Å². The minimum atomic E-state index is -1.69. The molecular formula is C18H21NO3. The summed E-state index contributed by atoms with van der Waals surface area (Å²) in [6.07, 6.45) is 1.44. The molecule has 0 saturated carbocycles. The molecule has 5 atom stereocenters. The Morgan fingerprint density at radius 2 is 2.41 bits per heavy atom. The van der Waals surface area contributed by atoms with Crippen LogP contribution >= 0.6 is 0 Å². The molecule has 1 fully saturated rings. The third-order valence-corrected chi connectivity index (χ3v) is 5.59. The number of ether oxygens (including phenoxy) is 2. The van der Waals surface area contributed by atoms with Gasteiger partial charge in [-0.05, 0) is 38.1 Å². The van der Waals surface area contributed by atoms with Crippen molar-refractivity contribution < 1.29 is 18.7 Å². The van der Waals surface area contributed by atoms with Crippen molar-refractivity contribution in [3.63, 3.8) is 0 Å². The zero-order valence-electron chi connectivity index (χ0n) is 16.7. The van der Waals surface area contributed by atoms with Gasteiger partial charge >= 0.3 is 0 Å². The van der Waals surface area contributed by atoms with Gasteiger partial charge in [0.2, 0.25) is 1.43 Å². The van der Waals surface area contributed by atoms with Crippen LogP contribution in [-0.4, -0.2) is 50.3 Å². The van der Waals surface area contributed by atoms with Gasteiger partial charge in [-0.25, -0.2) is 0 Å². The summed E-state index contributed by atoms with van der Waals surface area (Å²) in [5.41, 5.74) is 0.620. The summed E-state index contributed by atoms with van der Waals surface area (Å²) < 4.78 is 47.1. The number of methoxy groups -OCH3 is 1. The van der Waals surface area contributed by atoms with Crippen LogP contribution in [0.15, 0.2) is 24.3 Å². The van der Waals surface area contributed by atoms with Crippen LogP contribution in [0.25, 0.3) is 0 Å². The van der Waals surface area contributed by atoms with Crippen molar-refractivity contribution in [2.24, 2.45) is 5.89 Å². The highest BCUT2D eigenvalue weighted by atomic mass is 16.5. The molecule has 0 amide bonds. The summed E-state index contributed by atoms with van der Waals surface area (Å²) in [6, 6.07) is 2.49. The van der Waals surface area contributed by atoms with Crippen LogP contribution in [0.1, 0.15) is 21.7 Å². The van der Waals surface area contributed by atoms with E-state index in [1.54, 1.807) is 25.3 Å². The van der Waals surface area contributed by atoms with Gasteiger partial charge in [-0.15, -0.1) is 0 Å². The maximum atomic E-state index is 9.45. The quantitative estimate of drug-likeness (QED) is 0.841. The lowest BCUT2D eigenvalue weighted by Crippen LogP contribution is -2.64. The summed E-state index contributed by atoms with van der Waals surface area (Å²) in [5.74, 6) is -0.412. The summed E-state index contributed by atoms with van der Waals surface area (Å²) in [5, 5.41) is 4.87. The summed E-state index contributed by atoms with van der Waals surface area (Å²) in [4.78, 5) is 1.91. The van der Waals surface area contributed by atoms with Crippen molar-refractivity contribution in [3.05, 3.63) is 35.4 Å². The van der Waals surface area contributed by atoms with Gasteiger partial charge in [-0.1, -0.05) is 18.2 Å². The van der Waals surface area contributed by atoms with E-state index >= 15 is 0 Å². The maximum Gasteiger partial charge on any atom is 0.211 e. The number of likely N-dealkylation sites (tertiary alicyclic amines) is 1. The SMILES string of the molecule is [2H]OC1C=C[C@@]2([2H])[C@@]3([2H])Cc4ccc(OC)c5c4[C@@]2(CCN3C)C1([2H])O5. The Hall–Kier alpha value is -1.52. The van der Waals surface area contributed by atoms with Crippen molar-refractivity contribution in [2.45, 2.75) is 36.5 Å². The minimum Gasteiger partial charge on any atom is -0.493 e. The summed E-state index contributed by atoms with van der Waals surface area (Å²) in [7, 11) is 3.42. The lowest BCUT2D eigenvalue weighted by Gasteiger charge is -2.56. The third-order valence-electron chi connectivity index (χ3n) is 5.59. The van der Waals surface area contributed by atoms with E-state index in [-0.39, 0.29) is 0 Å². The fourth-order valence-electron chi connectivity index (χ4n) is 4.60. The molecule has 0 radical (unpaired) electrons. The number of rotatable bonds is 2. The van der Waals surface area contributed by atoms with E-state index in [0.717, 1.165) is 11.1 Å². The third kappa shape index (κ3) is 1.28. The van der Waals surface area contributed by atoms with E-state index in [4.69, 9.17) is 16.0 Å². The molecule has 4 aliphatic rings. The van der Waals surface area contributed by atoms with Gasteiger partial charge in [0.15, 0.2) is 11.5 Å². The Balaban J connectivity index is 1.93. The van der Waals surface area contributed by atoms with E-state index in [9.17, 15) is 4.11 Å². The second-order valence-electron chi connectivity index (χ2n) is 6.49. The normalized spacial score (nSPS) is 53.6. The fourth-order valence-corrected chi connectivity index (χ4v) is 4.60. The van der Waals surface area contributed by atoms with Crippen LogP contribution in [0.3, 0.4) is 0 Å². The Bertz CT molecular complexity index is 850. The largest absolute Gasteiger partial charge is 0.493 e. The van der Waals surface area contributed by atoms with Gasteiger partial charge in [-0.3, -0.25) is 0 Å². The minimum absolute atomic E-state index is 0.372. The molecule has 2 heterocycles. The molecule has 1 saturated heterocycles. The predicted octanol–water partition coefficient (Wildman–Crippen LogP) is 1.50. The van der Waals surface area contributed by atoms with E-state index in [1.165, 1.54) is 0 Å². The van der Waals surface area contributed by atoms with Crippen LogP contribution in [-0.2, 0) is 11.8 Å². The van der Waals surface area contributed by atoms with Gasteiger partial charge in [0.05, 0.1) is 8.48 Å². The van der Waals surface area contributed by atoms with Gasteiger partial charge < -0.3 is 19.5 Å². The van der Waals surface area contributed by atoms with Crippen LogP contribution in [0.2, 0.25) is 0 Å². The average Bonchev–Trinajstić information content (AvgIpc) is 2.89. The van der Waals surface area contributed by atoms with Gasteiger partial charge in [0, 0.05) is 25.6 Å². The Kier molecular flexibility index (Phi) is 1.77. The maximum absolute atomic E-state index is 9.45. The predicted molar refractivity (Wildman–Crippen MR) is 82.5 cm³/mol. The first-order valence-electron chi connectivity index (χ1n) is 9.62. The Labute approximate surface area is 136 Å². The first kappa shape index (κ1) is 9.58. The number of aliphatic hydroxyl groups is 1. The summed E-state index contributed by atoms with van der Waals surface area (Å²) in [6.45, 7) is 0.572. The van der Waals surface area contributed by atoms with E-state index in [1.807, 2.05) is 18.0 Å². The van der Waals surface area contributed by atoms with Crippen LogP contribution in [0.4, 0.5) is 0 Å². The molecule has 2 aliphatic carbocycles. The number of benzene rings is 1. The molecular weight excluding hydrogens is 278 g/mol. The first-order valence-corrected chi connectivity index (χ1v) is 7.71. The highest BCUT2D eigenvalue weighted by Gasteiger charge is 2.64. The lowest BCUT2D eigenvalue weighted by atomic mass is 9.53. The highest BCUT2D eigenvalue weighted by molar-refractivity contribution is 5.62. The summed E-state index contributed by atoms with van der Waals surface area (Å²) >= 11 is 0. The van der Waals surface area contributed by atoms with Gasteiger partial charge in [0.25, 0.3) is 0 Å². The van der Waals surface area contributed by atoms with Gasteiger partial charge in [0.1, 0.15) is 12.2 Å². The fraction of sp³-hybridized carbons (Fsp3) is 0.556. The van der Waals surface area contributed by atoms with Crippen molar-refractivity contribution in [3.8, 4) is 11.5 Å². The number of hydrogen-bond donors (Lipinski definition) is 1. The van der Waals surface area contributed by atoms with Crippen molar-refractivity contribution in [1.82, 2.24) is 4.90 Å². The second kappa shape index (κ2) is 4.06. The number of aliphatic hydroxyl groups excluding tert-OH is 1. The Morgan fingerprint density at radius 3 is 3.23 bits per heavy atom. The molecule has 4 heteroatoms. The molecule has 4 nitrogen and oxygen atoms in total. The first-order chi connectivity index (χ1) is 12.3. The van der Waals surface area contributed by atoms with Crippen LogP contribution < -0.4 is 9.47 Å². The molecule has 1 aromatic rings. The van der Waals surface area contributed by atoms with E-state index in [0.29, 0.717) is 30.9 Å². The van der Waals surface area contributed by atoms with E-state index < -0.39 is 29.5 Å². The molecule has 1 spiro atoms. The molecule has 2 bridgehead atoms. The molecule has 2 unspecified atom stereocenters. The smallest absolute Gasteiger partial charge is 0.211 e. The zero-order chi connectivity index (χ0) is 18.5. The van der Waals surface area contributed by atoms with Crippen molar-refractivity contribution >= 4 is 0 Å². The van der Waals surface area contributed by atoms with Gasteiger partial charge in [-0.2, -0.15) is 0 Å². The Morgan fingerprint density at radius 1 is 1.50 bits per heavy atom. The highest BCUT2D eigenvalue weighted by Crippen LogP contribution is 2.62. The number of piperidine rings is 1. The molecule has 0 aromatic heterocycles. The standard InChI is InChI=1S/C18H21NO3/c1-19-8-7-18-11-4-5-13(20)17(18)22-16-14(21-2)6-3-10(15(16)18)9-12(11)19/h3-6,11-13,17,20H,7-9H2,1-2H3/t11-,12+,13?,17?,18-/m0/s1/i11D,12D,17D,20D. The molecule has 22 heavy (non-hydrogen) atoms. The van der Waals surface area contributed by atoms with Crippen molar-refractivity contribution in [1.29, 1.82) is 1.43 Å². The number of nitrogens with zero attached hydrogens (tertiary/aromatic N) is 1. The molecule has 5 rings (SSSR count). The number of hydrogen-bond acceptors (Lipinski definition) is 4. The molecule has 1 N–H and O–H groups in total. The van der Waals surface area contributed by atoms with Crippen molar-refractivity contribution in [2.75, 3.05) is 20.7 Å². The van der Waals surface area contributed by atoms with Crippen LogP contribution in [0.5, 0.6) is 11.5 Å². The number of likely N-dealkylation sites (N-methyl/N-ethyl adjacent to an activating group) is 1. The lowest BCUT2D eigenvalue weighted by molar-refractivity contribution is -0.0453. The van der Waals surface area contributed by atoms with E-state index in [2.05, 4.69) is 0 Å².